The average Bonchev–Trinajstić information content (AvgIpc) is 2.80. The maximum atomic E-state index is 13.8. The molecule has 2 N–H and O–H groups in total. The second-order valence-electron chi connectivity index (χ2n) is 23.2. The highest BCUT2D eigenvalue weighted by Gasteiger charge is 2.50. The molecule has 0 radical (unpaired) electrons. The Bertz CT molecular complexity index is 2460. The fourth-order valence-corrected chi connectivity index (χ4v) is 13.5. The topological polar surface area (TPSA) is 166 Å². The largest absolute Gasteiger partial charge is 0.497 e. The van der Waals surface area contributed by atoms with Crippen LogP contribution in [0.25, 0.3) is 0 Å². The lowest BCUT2D eigenvalue weighted by Crippen LogP contribution is -2.41. The molecular weight excluding hydrogens is 1060 g/mol. The van der Waals surface area contributed by atoms with Crippen molar-refractivity contribution < 1.29 is 32.8 Å². The molecule has 4 aromatic rings. The number of unbranched alkanes of at least 4 members (excludes halogenated alkanes) is 22. The molecule has 0 aliphatic carbocycles. The molecule has 1 aliphatic rings. The molecule has 83 heavy (non-hydrogen) atoms. The summed E-state index contributed by atoms with van der Waals surface area (Å²) in [6.07, 6.45) is 30.5. The minimum atomic E-state index is -1.77. The molecule has 1 amide bonds. The zero-order valence-electron chi connectivity index (χ0n) is 51.8. The standard InChI is InChI=1S/C68H104N5O9P/c1-8-9-10-11-12-13-14-15-16-17-18-19-20-21-22-23-24-27-33-39-63(74)70-50-34-28-25-26-32-38-61-65(82-83(80-52-35-49-69)73(54(2)3)55(4)5)62(81-66(61)72-51-48-64(75)71-67(72)76)53-79-68(56-36-30-29-31-37-56,57-40-44-59(77-6)45-41-57)58-42-46-60(78-7)47-43-58/h29-31,36-37,40-48,51,54-55,61-62,65-66H,8-28,32-35,38-39,50,52-53H2,1-7H3,(H,70,74)(H,71,75,76)/t61-,62-,65+,66-,83?/m1/s1. The van der Waals surface area contributed by atoms with E-state index in [1.165, 1.54) is 126 Å². The average molecular weight is 1170 g/mol. The van der Waals surface area contributed by atoms with Crippen LogP contribution in [-0.2, 0) is 28.9 Å². The minimum absolute atomic E-state index is 0.0126. The van der Waals surface area contributed by atoms with Crippen molar-refractivity contribution in [2.24, 2.45) is 5.92 Å². The Morgan fingerprint density at radius 3 is 1.67 bits per heavy atom. The van der Waals surface area contributed by atoms with Gasteiger partial charge in [0.1, 0.15) is 35.5 Å². The van der Waals surface area contributed by atoms with Crippen LogP contribution in [0.2, 0.25) is 0 Å². The molecule has 5 rings (SSSR count). The predicted molar refractivity (Wildman–Crippen MR) is 336 cm³/mol. The summed E-state index contributed by atoms with van der Waals surface area (Å²) in [5, 5.41) is 12.8. The van der Waals surface area contributed by atoms with Crippen LogP contribution in [-0.4, -0.2) is 78.4 Å². The maximum absolute atomic E-state index is 13.8. The van der Waals surface area contributed by atoms with Gasteiger partial charge >= 0.3 is 5.69 Å². The van der Waals surface area contributed by atoms with Crippen LogP contribution in [0.3, 0.4) is 0 Å². The molecule has 2 heterocycles. The first-order valence-corrected chi connectivity index (χ1v) is 33.1. The van der Waals surface area contributed by atoms with E-state index in [1.807, 2.05) is 78.9 Å². The van der Waals surface area contributed by atoms with E-state index >= 15 is 0 Å². The number of hydrogen-bond donors (Lipinski definition) is 2. The molecule has 5 atom stereocenters. The summed E-state index contributed by atoms with van der Waals surface area (Å²) in [6.45, 7) is 11.5. The summed E-state index contributed by atoms with van der Waals surface area (Å²) in [7, 11) is 1.51. The van der Waals surface area contributed by atoms with Crippen molar-refractivity contribution in [3.63, 3.8) is 0 Å². The van der Waals surface area contributed by atoms with E-state index < -0.39 is 49.7 Å². The van der Waals surface area contributed by atoms with Crippen molar-refractivity contribution in [2.75, 3.05) is 34.0 Å². The molecular formula is C68H104N5O9P. The van der Waals surface area contributed by atoms with Gasteiger partial charge in [0, 0.05) is 43.2 Å². The van der Waals surface area contributed by atoms with E-state index in [9.17, 15) is 19.6 Å². The third-order valence-electron chi connectivity index (χ3n) is 16.1. The summed E-state index contributed by atoms with van der Waals surface area (Å²) in [5.41, 5.74) is 0.294. The van der Waals surface area contributed by atoms with Crippen LogP contribution in [0.4, 0.5) is 0 Å². The molecule has 1 saturated heterocycles. The lowest BCUT2D eigenvalue weighted by Gasteiger charge is -2.39. The lowest BCUT2D eigenvalue weighted by atomic mass is 9.80. The van der Waals surface area contributed by atoms with Crippen molar-refractivity contribution in [1.29, 1.82) is 5.26 Å². The van der Waals surface area contributed by atoms with Gasteiger partial charge in [0.2, 0.25) is 5.91 Å². The fraction of sp³-hybridized carbons (Fsp3) is 0.647. The lowest BCUT2D eigenvalue weighted by molar-refractivity contribution is -0.121. The summed E-state index contributed by atoms with van der Waals surface area (Å²) in [6, 6.07) is 29.4. The van der Waals surface area contributed by atoms with Gasteiger partial charge in [-0.1, -0.05) is 203 Å². The Morgan fingerprint density at radius 2 is 1.18 bits per heavy atom. The van der Waals surface area contributed by atoms with E-state index in [4.69, 9.17) is 28.0 Å². The normalized spacial score (nSPS) is 16.6. The van der Waals surface area contributed by atoms with Crippen LogP contribution in [0.1, 0.15) is 231 Å². The molecule has 14 nitrogen and oxygen atoms in total. The number of ether oxygens (including phenoxy) is 4. The second-order valence-corrected chi connectivity index (χ2v) is 24.6. The zero-order chi connectivity index (χ0) is 59.5. The SMILES string of the molecule is CCCCCCCCCCCCCCCCCCCCCC(=O)NCCCCCCC[C@@H]1[C@H](OP(OCCC#N)N(C(C)C)C(C)C)[C@@H](COC(c2ccccc2)(c2ccc(OC)cc2)c2ccc(OC)cc2)O[C@H]1n1ccc(=O)[nH]c1=O. The minimum Gasteiger partial charge on any atom is -0.497 e. The van der Waals surface area contributed by atoms with Gasteiger partial charge in [-0.15, -0.1) is 0 Å². The number of aromatic amines is 1. The molecule has 1 fully saturated rings. The molecule has 0 saturated carbocycles. The summed E-state index contributed by atoms with van der Waals surface area (Å²) in [5.74, 6) is 1.14. The predicted octanol–water partition coefficient (Wildman–Crippen LogP) is 16.0. The highest BCUT2D eigenvalue weighted by atomic mass is 31.2. The quantitative estimate of drug-likeness (QED) is 0.0246. The Hall–Kier alpha value is -4.87. The number of carbonyl (C=O) groups excluding carboxylic acids is 1. The number of methoxy groups -OCH3 is 2. The molecule has 1 unspecified atom stereocenters. The molecule has 3 aromatic carbocycles. The van der Waals surface area contributed by atoms with E-state index in [2.05, 4.69) is 55.7 Å². The van der Waals surface area contributed by atoms with Crippen molar-refractivity contribution in [2.45, 2.75) is 244 Å². The first-order chi connectivity index (χ1) is 40.5. The van der Waals surface area contributed by atoms with Crippen molar-refractivity contribution in [1.82, 2.24) is 19.5 Å². The number of hydrogen-bond acceptors (Lipinski definition) is 11. The molecule has 1 aromatic heterocycles. The zero-order valence-corrected chi connectivity index (χ0v) is 52.7. The number of nitrogens with one attached hydrogen (secondary N) is 2. The maximum Gasteiger partial charge on any atom is 0.330 e. The van der Waals surface area contributed by atoms with Gasteiger partial charge < -0.3 is 33.3 Å². The van der Waals surface area contributed by atoms with Gasteiger partial charge in [-0.05, 0) is 87.9 Å². The number of nitrogens with zero attached hydrogens (tertiary/aromatic N) is 3. The molecule has 460 valence electrons. The molecule has 0 spiro atoms. The van der Waals surface area contributed by atoms with Crippen LogP contribution in [0, 0.1) is 17.2 Å². The van der Waals surface area contributed by atoms with Gasteiger partial charge in [0.05, 0.1) is 39.9 Å². The second kappa shape index (κ2) is 39.7. The smallest absolute Gasteiger partial charge is 0.330 e. The Balaban J connectivity index is 1.22. The summed E-state index contributed by atoms with van der Waals surface area (Å²) >= 11 is 0. The number of aromatic nitrogens is 2. The van der Waals surface area contributed by atoms with Gasteiger partial charge in [0.25, 0.3) is 14.1 Å². The van der Waals surface area contributed by atoms with Crippen LogP contribution in [0.5, 0.6) is 11.5 Å². The third-order valence-corrected chi connectivity index (χ3v) is 18.3. The highest BCUT2D eigenvalue weighted by molar-refractivity contribution is 7.44. The van der Waals surface area contributed by atoms with Gasteiger partial charge in [-0.3, -0.25) is 19.1 Å². The number of benzene rings is 3. The summed E-state index contributed by atoms with van der Waals surface area (Å²) < 4.78 is 43.4. The Labute approximate surface area is 500 Å². The number of nitriles is 1. The number of amides is 1. The van der Waals surface area contributed by atoms with Crippen LogP contribution >= 0.6 is 8.53 Å². The number of carbonyl (C=O) groups is 1. The van der Waals surface area contributed by atoms with E-state index in [0.717, 1.165) is 61.6 Å². The Kier molecular flexibility index (Phi) is 32.9. The van der Waals surface area contributed by atoms with E-state index in [-0.39, 0.29) is 37.6 Å². The Morgan fingerprint density at radius 1 is 0.687 bits per heavy atom. The first-order valence-electron chi connectivity index (χ1n) is 31.9. The number of rotatable bonds is 45. The van der Waals surface area contributed by atoms with Gasteiger partial charge in [-0.2, -0.15) is 5.26 Å². The molecule has 15 heteroatoms. The first kappa shape index (κ1) is 68.9. The van der Waals surface area contributed by atoms with Crippen LogP contribution in [0.15, 0.2) is 101 Å². The highest BCUT2D eigenvalue weighted by Crippen LogP contribution is 2.53. The third kappa shape index (κ3) is 23.2. The van der Waals surface area contributed by atoms with Crippen molar-refractivity contribution >= 4 is 14.4 Å². The van der Waals surface area contributed by atoms with E-state index in [0.29, 0.717) is 30.9 Å². The van der Waals surface area contributed by atoms with E-state index in [1.54, 1.807) is 14.2 Å². The van der Waals surface area contributed by atoms with Crippen LogP contribution < -0.4 is 26.0 Å². The monoisotopic (exact) mass is 1170 g/mol. The number of H-pyrrole nitrogens is 1. The van der Waals surface area contributed by atoms with Crippen molar-refractivity contribution in [3.8, 4) is 17.6 Å². The van der Waals surface area contributed by atoms with Crippen molar-refractivity contribution in [3.05, 3.63) is 129 Å². The van der Waals surface area contributed by atoms with Gasteiger partial charge in [-0.25, -0.2) is 9.46 Å². The molecule has 1 aliphatic heterocycles. The fourth-order valence-electron chi connectivity index (χ4n) is 11.7. The summed E-state index contributed by atoms with van der Waals surface area (Å²) in [4.78, 5) is 41.6. The van der Waals surface area contributed by atoms with Gasteiger partial charge in [0.15, 0.2) is 0 Å². The molecule has 0 bridgehead atoms.